The maximum Gasteiger partial charge on any atom is 0.407 e. The van der Waals surface area contributed by atoms with E-state index < -0.39 is 5.97 Å². The zero-order valence-corrected chi connectivity index (χ0v) is 11.3. The lowest BCUT2D eigenvalue weighted by Crippen LogP contribution is -2.30. The topological polar surface area (TPSA) is 75.6 Å². The van der Waals surface area contributed by atoms with Gasteiger partial charge in [0, 0.05) is 13.0 Å². The summed E-state index contributed by atoms with van der Waals surface area (Å²) in [6.45, 7) is 0.471. The minimum atomic E-state index is -0.801. The van der Waals surface area contributed by atoms with Crippen LogP contribution >= 0.6 is 0 Å². The Morgan fingerprint density at radius 3 is 2.79 bits per heavy atom. The third-order valence-electron chi connectivity index (χ3n) is 3.08. The Labute approximate surface area is 114 Å². The zero-order chi connectivity index (χ0) is 13.9. The molecule has 0 fully saturated rings. The molecule has 0 saturated carbocycles. The van der Waals surface area contributed by atoms with Gasteiger partial charge in [0.25, 0.3) is 0 Å². The lowest BCUT2D eigenvalue weighted by Gasteiger charge is -2.18. The summed E-state index contributed by atoms with van der Waals surface area (Å²) in [7, 11) is 0. The Kier molecular flexibility index (Phi) is 7.70. The fraction of sp³-hybridized carbons (Fsp3) is 0.714. The summed E-state index contributed by atoms with van der Waals surface area (Å²) in [6.07, 6.45) is 10.2. The molecule has 19 heavy (non-hydrogen) atoms. The van der Waals surface area contributed by atoms with Gasteiger partial charge in [-0.2, -0.15) is 0 Å². The van der Waals surface area contributed by atoms with Crippen LogP contribution in [0.5, 0.6) is 0 Å². The summed E-state index contributed by atoms with van der Waals surface area (Å²) in [5, 5.41) is 11.1. The number of amides is 1. The van der Waals surface area contributed by atoms with Gasteiger partial charge in [-0.05, 0) is 44.9 Å². The van der Waals surface area contributed by atoms with Crippen LogP contribution in [0.4, 0.5) is 4.79 Å². The molecule has 0 aromatic rings. The molecule has 1 aliphatic carbocycles. The normalized spacial score (nSPS) is 20.9. The number of alkyl carbamates (subject to hydrolysis) is 1. The molecule has 108 valence electrons. The summed E-state index contributed by atoms with van der Waals surface area (Å²) in [5.74, 6) is -0.801. The van der Waals surface area contributed by atoms with Gasteiger partial charge in [-0.25, -0.2) is 4.79 Å². The van der Waals surface area contributed by atoms with Crippen molar-refractivity contribution >= 4 is 12.1 Å². The number of allylic oxidation sites excluding steroid dienone is 2. The first-order chi connectivity index (χ1) is 9.18. The molecule has 0 spiro atoms. The fourth-order valence-corrected chi connectivity index (χ4v) is 2.03. The number of nitrogens with one attached hydrogen (secondary N) is 1. The molecule has 0 unspecified atom stereocenters. The number of unbranched alkanes of at least 4 members (excludes halogenated alkanes) is 1. The molecule has 0 radical (unpaired) electrons. The van der Waals surface area contributed by atoms with Crippen molar-refractivity contribution < 1.29 is 19.4 Å². The van der Waals surface area contributed by atoms with E-state index in [-0.39, 0.29) is 18.6 Å². The third kappa shape index (κ3) is 8.24. The molecule has 5 nitrogen and oxygen atoms in total. The van der Waals surface area contributed by atoms with E-state index in [2.05, 4.69) is 17.5 Å². The lowest BCUT2D eigenvalue weighted by molar-refractivity contribution is -0.137. The van der Waals surface area contributed by atoms with Crippen LogP contribution in [0.2, 0.25) is 0 Å². The van der Waals surface area contributed by atoms with E-state index in [4.69, 9.17) is 9.84 Å². The molecule has 1 atom stereocenters. The maximum atomic E-state index is 11.5. The van der Waals surface area contributed by atoms with Crippen LogP contribution in [-0.4, -0.2) is 29.8 Å². The van der Waals surface area contributed by atoms with E-state index in [1.807, 2.05) is 0 Å². The Morgan fingerprint density at radius 2 is 2.00 bits per heavy atom. The van der Waals surface area contributed by atoms with Crippen LogP contribution in [0.25, 0.3) is 0 Å². The summed E-state index contributed by atoms with van der Waals surface area (Å²) in [5.41, 5.74) is 0. The van der Waals surface area contributed by atoms with Crippen LogP contribution in [-0.2, 0) is 9.53 Å². The Hall–Kier alpha value is -1.52. The van der Waals surface area contributed by atoms with E-state index in [0.717, 1.165) is 32.1 Å². The van der Waals surface area contributed by atoms with Crippen molar-refractivity contribution in [2.45, 2.75) is 57.5 Å². The van der Waals surface area contributed by atoms with Gasteiger partial charge < -0.3 is 15.2 Å². The van der Waals surface area contributed by atoms with Gasteiger partial charge in [-0.15, -0.1) is 0 Å². The molecular formula is C14H23NO4. The van der Waals surface area contributed by atoms with E-state index >= 15 is 0 Å². The van der Waals surface area contributed by atoms with E-state index in [1.54, 1.807) is 0 Å². The average Bonchev–Trinajstić information content (AvgIpc) is 2.31. The Morgan fingerprint density at radius 1 is 1.21 bits per heavy atom. The monoisotopic (exact) mass is 269 g/mol. The van der Waals surface area contributed by atoms with Crippen LogP contribution in [0, 0.1) is 0 Å². The molecule has 2 N–H and O–H groups in total. The van der Waals surface area contributed by atoms with Crippen molar-refractivity contribution in [2.75, 3.05) is 6.54 Å². The van der Waals surface area contributed by atoms with Gasteiger partial charge >= 0.3 is 12.1 Å². The Bertz CT molecular complexity index is 315. The van der Waals surface area contributed by atoms with E-state index in [1.165, 1.54) is 0 Å². The van der Waals surface area contributed by atoms with Crippen LogP contribution in [0.1, 0.15) is 51.4 Å². The van der Waals surface area contributed by atoms with Crippen molar-refractivity contribution in [3.8, 4) is 0 Å². The first-order valence-corrected chi connectivity index (χ1v) is 7.00. The SMILES string of the molecule is O=C(O)CCCCNC(=O)O[C@@H]1CC/C=C/CCC1. The zero-order valence-electron chi connectivity index (χ0n) is 11.3. The van der Waals surface area contributed by atoms with Gasteiger partial charge in [0.15, 0.2) is 0 Å². The van der Waals surface area contributed by atoms with Crippen molar-refractivity contribution in [3.05, 3.63) is 12.2 Å². The molecular weight excluding hydrogens is 246 g/mol. The van der Waals surface area contributed by atoms with Crippen LogP contribution < -0.4 is 5.32 Å². The molecule has 1 amide bonds. The van der Waals surface area contributed by atoms with E-state index in [0.29, 0.717) is 19.4 Å². The number of rotatable bonds is 6. The number of carbonyl (C=O) groups is 2. The number of ether oxygens (including phenoxy) is 1. The number of hydrogen-bond donors (Lipinski definition) is 2. The molecule has 0 bridgehead atoms. The number of carboxylic acids is 1. The first kappa shape index (κ1) is 15.5. The van der Waals surface area contributed by atoms with Crippen molar-refractivity contribution in [3.63, 3.8) is 0 Å². The Balaban J connectivity index is 2.09. The smallest absolute Gasteiger partial charge is 0.407 e. The van der Waals surface area contributed by atoms with Gasteiger partial charge in [-0.3, -0.25) is 4.79 Å². The molecule has 1 rings (SSSR count). The lowest BCUT2D eigenvalue weighted by atomic mass is 10.0. The number of carbonyl (C=O) groups excluding carboxylic acids is 1. The average molecular weight is 269 g/mol. The predicted octanol–water partition coefficient (Wildman–Crippen LogP) is 2.86. The molecule has 0 saturated heterocycles. The third-order valence-corrected chi connectivity index (χ3v) is 3.08. The van der Waals surface area contributed by atoms with Crippen LogP contribution in [0.3, 0.4) is 0 Å². The molecule has 0 aromatic heterocycles. The summed E-state index contributed by atoms with van der Waals surface area (Å²) >= 11 is 0. The molecule has 0 aliphatic heterocycles. The molecule has 0 heterocycles. The van der Waals surface area contributed by atoms with Gasteiger partial charge in [0.1, 0.15) is 6.10 Å². The number of aliphatic carboxylic acids is 1. The second-order valence-electron chi connectivity index (χ2n) is 4.78. The quantitative estimate of drug-likeness (QED) is 0.574. The standard InChI is InChI=1S/C14H23NO4/c16-13(17)10-6-7-11-15-14(18)19-12-8-4-2-1-3-5-9-12/h1-2,12H,3-11H2,(H,15,18)(H,16,17)/b2-1+/t12-/m1/s1. The number of carboxylic acid groups (broad SMARTS) is 1. The van der Waals surface area contributed by atoms with Gasteiger partial charge in [0.2, 0.25) is 0 Å². The minimum Gasteiger partial charge on any atom is -0.481 e. The van der Waals surface area contributed by atoms with Gasteiger partial charge in [0.05, 0.1) is 0 Å². The minimum absolute atomic E-state index is 0.00368. The number of hydrogen-bond acceptors (Lipinski definition) is 3. The summed E-state index contributed by atoms with van der Waals surface area (Å²) in [4.78, 5) is 21.8. The highest BCUT2D eigenvalue weighted by molar-refractivity contribution is 5.67. The summed E-state index contributed by atoms with van der Waals surface area (Å²) in [6, 6.07) is 0. The highest BCUT2D eigenvalue weighted by Crippen LogP contribution is 2.15. The van der Waals surface area contributed by atoms with E-state index in [9.17, 15) is 9.59 Å². The molecule has 5 heteroatoms. The fourth-order valence-electron chi connectivity index (χ4n) is 2.03. The molecule has 1 aliphatic rings. The second kappa shape index (κ2) is 9.42. The molecule has 0 aromatic carbocycles. The maximum absolute atomic E-state index is 11.5. The highest BCUT2D eigenvalue weighted by Gasteiger charge is 2.14. The highest BCUT2D eigenvalue weighted by atomic mass is 16.6. The van der Waals surface area contributed by atoms with Crippen LogP contribution in [0.15, 0.2) is 12.2 Å². The largest absolute Gasteiger partial charge is 0.481 e. The van der Waals surface area contributed by atoms with Crippen molar-refractivity contribution in [1.29, 1.82) is 0 Å². The predicted molar refractivity (Wildman–Crippen MR) is 72.0 cm³/mol. The first-order valence-electron chi connectivity index (χ1n) is 7.00. The van der Waals surface area contributed by atoms with Crippen molar-refractivity contribution in [2.24, 2.45) is 0 Å². The van der Waals surface area contributed by atoms with Crippen molar-refractivity contribution in [1.82, 2.24) is 5.32 Å². The van der Waals surface area contributed by atoms with Gasteiger partial charge in [-0.1, -0.05) is 12.2 Å². The second-order valence-corrected chi connectivity index (χ2v) is 4.78. The summed E-state index contributed by atoms with van der Waals surface area (Å²) < 4.78 is 5.35.